The molecule has 6 nitrogen and oxygen atoms in total. The Bertz CT molecular complexity index is 990. The van der Waals surface area contributed by atoms with Crippen molar-refractivity contribution in [3.05, 3.63) is 83.6 Å². The Morgan fingerprint density at radius 2 is 1.79 bits per heavy atom. The van der Waals surface area contributed by atoms with Crippen LogP contribution in [0.4, 0.5) is 5.82 Å². The zero-order valence-corrected chi connectivity index (χ0v) is 15.8. The van der Waals surface area contributed by atoms with Gasteiger partial charge in [-0.15, -0.1) is 0 Å². The maximum atomic E-state index is 12.2. The van der Waals surface area contributed by atoms with Gasteiger partial charge in [-0.25, -0.2) is 9.48 Å². The van der Waals surface area contributed by atoms with Crippen LogP contribution in [0.2, 0.25) is 0 Å². The molecule has 0 unspecified atom stereocenters. The molecule has 0 aliphatic heterocycles. The lowest BCUT2D eigenvalue weighted by Gasteiger charge is -2.09. The minimum atomic E-state index is -0.581. The molecule has 6 heteroatoms. The van der Waals surface area contributed by atoms with E-state index in [4.69, 9.17) is 4.74 Å². The number of hydrogen-bond donors (Lipinski definition) is 1. The fourth-order valence-electron chi connectivity index (χ4n) is 2.56. The summed E-state index contributed by atoms with van der Waals surface area (Å²) in [6.45, 7) is 3.46. The van der Waals surface area contributed by atoms with Crippen molar-refractivity contribution < 1.29 is 14.3 Å². The van der Waals surface area contributed by atoms with Crippen molar-refractivity contribution in [1.82, 2.24) is 9.78 Å². The third-order valence-electron chi connectivity index (χ3n) is 3.93. The van der Waals surface area contributed by atoms with Gasteiger partial charge < -0.3 is 10.1 Å². The average Bonchev–Trinajstić information content (AvgIpc) is 3.06. The van der Waals surface area contributed by atoms with E-state index >= 15 is 0 Å². The van der Waals surface area contributed by atoms with Crippen molar-refractivity contribution in [3.63, 3.8) is 0 Å². The zero-order chi connectivity index (χ0) is 19.9. The van der Waals surface area contributed by atoms with Gasteiger partial charge in [0.05, 0.1) is 11.4 Å². The van der Waals surface area contributed by atoms with Gasteiger partial charge in [0, 0.05) is 12.1 Å². The molecule has 1 heterocycles. The maximum Gasteiger partial charge on any atom is 0.331 e. The standard InChI is InChI=1S/C22H21N3O3/c1-16-8-11-19(12-9-16)25-20(14-17(2)24-25)23-21(26)15-28-22(27)13-10-18-6-4-3-5-7-18/h3-14H,15H2,1-2H3,(H,23,26)/b13-10+. The van der Waals surface area contributed by atoms with E-state index in [1.54, 1.807) is 16.8 Å². The molecule has 2 aromatic carbocycles. The summed E-state index contributed by atoms with van der Waals surface area (Å²) in [5.74, 6) is -0.501. The summed E-state index contributed by atoms with van der Waals surface area (Å²) in [5, 5.41) is 7.14. The molecule has 0 spiro atoms. The zero-order valence-electron chi connectivity index (χ0n) is 15.8. The molecule has 28 heavy (non-hydrogen) atoms. The highest BCUT2D eigenvalue weighted by Crippen LogP contribution is 2.17. The number of amides is 1. The van der Waals surface area contributed by atoms with Gasteiger partial charge in [0.2, 0.25) is 0 Å². The fourth-order valence-corrected chi connectivity index (χ4v) is 2.56. The maximum absolute atomic E-state index is 12.2. The Labute approximate surface area is 163 Å². The van der Waals surface area contributed by atoms with Gasteiger partial charge in [-0.05, 0) is 37.6 Å². The van der Waals surface area contributed by atoms with Crippen LogP contribution < -0.4 is 5.32 Å². The monoisotopic (exact) mass is 375 g/mol. The molecule has 0 atom stereocenters. The number of nitrogens with zero attached hydrogens (tertiary/aromatic N) is 2. The Hall–Kier alpha value is -3.67. The highest BCUT2D eigenvalue weighted by molar-refractivity contribution is 5.94. The van der Waals surface area contributed by atoms with E-state index in [0.29, 0.717) is 5.82 Å². The summed E-state index contributed by atoms with van der Waals surface area (Å²) in [6, 6.07) is 18.9. The Balaban J connectivity index is 1.59. The van der Waals surface area contributed by atoms with Crippen LogP contribution in [-0.2, 0) is 14.3 Å². The van der Waals surface area contributed by atoms with Gasteiger partial charge in [0.1, 0.15) is 5.82 Å². The highest BCUT2D eigenvalue weighted by Gasteiger charge is 2.12. The van der Waals surface area contributed by atoms with E-state index in [1.165, 1.54) is 6.08 Å². The summed E-state index contributed by atoms with van der Waals surface area (Å²) in [6.07, 6.45) is 2.93. The minimum Gasteiger partial charge on any atom is -0.452 e. The predicted molar refractivity (Wildman–Crippen MR) is 108 cm³/mol. The van der Waals surface area contributed by atoms with E-state index in [9.17, 15) is 9.59 Å². The van der Waals surface area contributed by atoms with E-state index < -0.39 is 11.9 Å². The molecular formula is C22H21N3O3. The van der Waals surface area contributed by atoms with Crippen LogP contribution in [0, 0.1) is 13.8 Å². The SMILES string of the molecule is Cc1ccc(-n2nc(C)cc2NC(=O)COC(=O)/C=C/c2ccccc2)cc1. The molecule has 0 aliphatic carbocycles. The number of benzene rings is 2. The molecule has 0 saturated carbocycles. The molecule has 142 valence electrons. The molecule has 0 saturated heterocycles. The Morgan fingerprint density at radius 1 is 1.07 bits per heavy atom. The number of ether oxygens (including phenoxy) is 1. The first kappa shape index (κ1) is 19.1. The van der Waals surface area contributed by atoms with Crippen molar-refractivity contribution in [3.8, 4) is 5.69 Å². The van der Waals surface area contributed by atoms with Gasteiger partial charge in [-0.3, -0.25) is 4.79 Å². The highest BCUT2D eigenvalue weighted by atomic mass is 16.5. The summed E-state index contributed by atoms with van der Waals surface area (Å²) < 4.78 is 6.64. The largest absolute Gasteiger partial charge is 0.452 e. The van der Waals surface area contributed by atoms with Crippen molar-refractivity contribution in [2.75, 3.05) is 11.9 Å². The molecule has 1 amide bonds. The van der Waals surface area contributed by atoms with Gasteiger partial charge in [-0.1, -0.05) is 48.0 Å². The van der Waals surface area contributed by atoms with Crippen molar-refractivity contribution in [2.24, 2.45) is 0 Å². The van der Waals surface area contributed by atoms with Crippen molar-refractivity contribution >= 4 is 23.8 Å². The number of rotatable bonds is 6. The second-order valence-corrected chi connectivity index (χ2v) is 6.32. The summed E-state index contributed by atoms with van der Waals surface area (Å²) >= 11 is 0. The first-order chi connectivity index (χ1) is 13.5. The average molecular weight is 375 g/mol. The van der Waals surface area contributed by atoms with Crippen LogP contribution in [0.3, 0.4) is 0 Å². The fraction of sp³-hybridized carbons (Fsp3) is 0.136. The number of aryl methyl sites for hydroxylation is 2. The lowest BCUT2D eigenvalue weighted by atomic mass is 10.2. The van der Waals surface area contributed by atoms with Crippen LogP contribution in [0.1, 0.15) is 16.8 Å². The van der Waals surface area contributed by atoms with Crippen LogP contribution in [0.5, 0.6) is 0 Å². The quantitative estimate of drug-likeness (QED) is 0.527. The van der Waals surface area contributed by atoms with E-state index in [-0.39, 0.29) is 6.61 Å². The topological polar surface area (TPSA) is 73.2 Å². The number of aromatic nitrogens is 2. The molecule has 0 aliphatic rings. The van der Waals surface area contributed by atoms with Gasteiger partial charge >= 0.3 is 5.97 Å². The van der Waals surface area contributed by atoms with E-state index in [1.807, 2.05) is 68.4 Å². The molecule has 3 rings (SSSR count). The molecule has 1 N–H and O–H groups in total. The smallest absolute Gasteiger partial charge is 0.331 e. The predicted octanol–water partition coefficient (Wildman–Crippen LogP) is 3.68. The van der Waals surface area contributed by atoms with Crippen LogP contribution in [0.25, 0.3) is 11.8 Å². The third-order valence-corrected chi connectivity index (χ3v) is 3.93. The van der Waals surface area contributed by atoms with Crippen molar-refractivity contribution in [2.45, 2.75) is 13.8 Å². The second-order valence-electron chi connectivity index (χ2n) is 6.32. The van der Waals surface area contributed by atoms with E-state index in [0.717, 1.165) is 22.5 Å². The summed E-state index contributed by atoms with van der Waals surface area (Å²) in [4.78, 5) is 24.0. The van der Waals surface area contributed by atoms with E-state index in [2.05, 4.69) is 10.4 Å². The molecule has 1 aromatic heterocycles. The van der Waals surface area contributed by atoms with Crippen molar-refractivity contribution in [1.29, 1.82) is 0 Å². The lowest BCUT2D eigenvalue weighted by molar-refractivity contribution is -0.142. The normalized spacial score (nSPS) is 10.8. The molecule has 0 radical (unpaired) electrons. The number of hydrogen-bond acceptors (Lipinski definition) is 4. The molecule has 0 fully saturated rings. The second kappa shape index (κ2) is 8.81. The number of nitrogens with one attached hydrogen (secondary N) is 1. The summed E-state index contributed by atoms with van der Waals surface area (Å²) in [5.41, 5.74) is 3.60. The van der Waals surface area contributed by atoms with Gasteiger partial charge in [0.15, 0.2) is 6.61 Å². The van der Waals surface area contributed by atoms with Crippen LogP contribution in [-0.4, -0.2) is 28.3 Å². The molecular weight excluding hydrogens is 354 g/mol. The third kappa shape index (κ3) is 5.17. The number of carbonyl (C=O) groups excluding carboxylic acids is 2. The first-order valence-corrected chi connectivity index (χ1v) is 8.85. The number of anilines is 1. The molecule has 0 bridgehead atoms. The van der Waals surface area contributed by atoms with Crippen LogP contribution >= 0.6 is 0 Å². The Morgan fingerprint density at radius 3 is 2.50 bits per heavy atom. The Kier molecular flexibility index (Phi) is 6.01. The molecule has 3 aromatic rings. The van der Waals surface area contributed by atoms with Gasteiger partial charge in [0.25, 0.3) is 5.91 Å². The number of carbonyl (C=O) groups is 2. The number of esters is 1. The lowest BCUT2D eigenvalue weighted by Crippen LogP contribution is -2.21. The van der Waals surface area contributed by atoms with Crippen LogP contribution in [0.15, 0.2) is 66.7 Å². The van der Waals surface area contributed by atoms with Gasteiger partial charge in [-0.2, -0.15) is 5.10 Å². The summed E-state index contributed by atoms with van der Waals surface area (Å²) in [7, 11) is 0. The minimum absolute atomic E-state index is 0.379. The first-order valence-electron chi connectivity index (χ1n) is 8.85.